The molecule has 0 aliphatic carbocycles. The van der Waals surface area contributed by atoms with Gasteiger partial charge in [-0.15, -0.1) is 11.3 Å². The van der Waals surface area contributed by atoms with E-state index in [2.05, 4.69) is 4.98 Å². The summed E-state index contributed by atoms with van der Waals surface area (Å²) in [5, 5.41) is 0.844. The first kappa shape index (κ1) is 24.1. The van der Waals surface area contributed by atoms with Crippen LogP contribution in [0.3, 0.4) is 0 Å². The molecule has 1 N–H and O–H groups in total. The molecule has 2 aromatic heterocycles. The molecule has 0 unspecified atom stereocenters. The van der Waals surface area contributed by atoms with Gasteiger partial charge in [0.05, 0.1) is 16.5 Å². The van der Waals surface area contributed by atoms with Crippen LogP contribution in [0.25, 0.3) is 31.4 Å². The van der Waals surface area contributed by atoms with Gasteiger partial charge in [-0.3, -0.25) is 4.79 Å². The number of thiophene rings is 1. The standard InChI is InChI=1S/C20H10ClF6NOS.C2H6/c1-8-16(21)17(29)15-12-4-2-9(6-14(12)30-18(15)28-8)11-5-3-10(19(22,23)24)7-13(11)20(25,26)27;1-2/h2-7H,1H3,(H,28,29);1-2H3. The molecular weight excluding hydrogens is 476 g/mol. The van der Waals surface area contributed by atoms with Gasteiger partial charge in [-0.25, -0.2) is 0 Å². The van der Waals surface area contributed by atoms with E-state index in [-0.39, 0.29) is 22.2 Å². The topological polar surface area (TPSA) is 32.9 Å². The van der Waals surface area contributed by atoms with Gasteiger partial charge in [-0.05, 0) is 36.2 Å². The van der Waals surface area contributed by atoms with Gasteiger partial charge in [0.2, 0.25) is 5.43 Å². The van der Waals surface area contributed by atoms with Gasteiger partial charge in [-0.2, -0.15) is 26.3 Å². The first-order valence-electron chi connectivity index (χ1n) is 9.41. The second-order valence-electron chi connectivity index (χ2n) is 6.67. The van der Waals surface area contributed by atoms with Crippen molar-refractivity contribution in [3.63, 3.8) is 0 Å². The molecule has 2 nitrogen and oxygen atoms in total. The molecule has 0 bridgehead atoms. The zero-order valence-electron chi connectivity index (χ0n) is 16.9. The Labute approximate surface area is 187 Å². The Kier molecular flexibility index (Phi) is 6.36. The van der Waals surface area contributed by atoms with Crippen molar-refractivity contribution in [3.8, 4) is 11.1 Å². The van der Waals surface area contributed by atoms with Crippen LogP contribution in [0.4, 0.5) is 26.3 Å². The smallest absolute Gasteiger partial charge is 0.349 e. The fraction of sp³-hybridized carbons (Fsp3) is 0.227. The normalized spacial score (nSPS) is 12.2. The van der Waals surface area contributed by atoms with Crippen LogP contribution in [0.2, 0.25) is 5.02 Å². The first-order valence-corrected chi connectivity index (χ1v) is 10.6. The Morgan fingerprint density at radius 1 is 0.938 bits per heavy atom. The van der Waals surface area contributed by atoms with Crippen LogP contribution < -0.4 is 5.43 Å². The maximum absolute atomic E-state index is 13.5. The Hall–Kier alpha value is -2.52. The number of alkyl halides is 6. The van der Waals surface area contributed by atoms with Crippen LogP contribution in [0.5, 0.6) is 0 Å². The molecule has 0 saturated carbocycles. The average molecular weight is 492 g/mol. The zero-order valence-corrected chi connectivity index (χ0v) is 18.5. The number of hydrogen-bond acceptors (Lipinski definition) is 2. The van der Waals surface area contributed by atoms with E-state index >= 15 is 0 Å². The van der Waals surface area contributed by atoms with Gasteiger partial charge < -0.3 is 4.98 Å². The fourth-order valence-electron chi connectivity index (χ4n) is 3.29. The molecule has 0 amide bonds. The molecule has 0 radical (unpaired) electrons. The lowest BCUT2D eigenvalue weighted by atomic mass is 9.96. The predicted molar refractivity (Wildman–Crippen MR) is 116 cm³/mol. The monoisotopic (exact) mass is 491 g/mol. The van der Waals surface area contributed by atoms with Gasteiger partial charge in [0, 0.05) is 15.8 Å². The Bertz CT molecular complexity index is 1370. The molecular formula is C22H16ClF6NOS. The van der Waals surface area contributed by atoms with E-state index in [0.29, 0.717) is 32.1 Å². The van der Waals surface area contributed by atoms with E-state index in [4.69, 9.17) is 11.6 Å². The van der Waals surface area contributed by atoms with Crippen molar-refractivity contribution < 1.29 is 26.3 Å². The minimum absolute atomic E-state index is 0.0216. The van der Waals surface area contributed by atoms with Gasteiger partial charge >= 0.3 is 12.4 Å². The Balaban J connectivity index is 0.00000141. The SMILES string of the molecule is CC.Cc1[nH]c2sc3cc(-c4ccc(C(F)(F)F)cc4C(F)(F)F)ccc3c2c(=O)c1Cl. The first-order chi connectivity index (χ1) is 14.9. The van der Waals surface area contributed by atoms with Crippen molar-refractivity contribution in [3.05, 3.63) is 68.5 Å². The van der Waals surface area contributed by atoms with E-state index in [0.717, 1.165) is 17.4 Å². The zero-order chi connectivity index (χ0) is 24.0. The lowest BCUT2D eigenvalue weighted by Crippen LogP contribution is -2.12. The molecule has 0 aliphatic rings. The lowest BCUT2D eigenvalue weighted by molar-refractivity contribution is -0.142. The van der Waals surface area contributed by atoms with Crippen molar-refractivity contribution in [2.75, 3.05) is 0 Å². The number of halogens is 7. The molecule has 170 valence electrons. The average Bonchev–Trinajstić information content (AvgIpc) is 3.09. The largest absolute Gasteiger partial charge is 0.417 e. The second kappa shape index (κ2) is 8.44. The number of aryl methyl sites for hydroxylation is 1. The van der Waals surface area contributed by atoms with Crippen LogP contribution in [-0.4, -0.2) is 4.98 Å². The van der Waals surface area contributed by atoms with Crippen molar-refractivity contribution in [1.82, 2.24) is 4.98 Å². The highest BCUT2D eigenvalue weighted by Gasteiger charge is 2.38. The molecule has 2 aromatic carbocycles. The molecule has 0 aliphatic heterocycles. The van der Waals surface area contributed by atoms with Crippen molar-refractivity contribution >= 4 is 43.2 Å². The summed E-state index contributed by atoms with van der Waals surface area (Å²) in [6.07, 6.45) is -9.88. The van der Waals surface area contributed by atoms with Crippen molar-refractivity contribution in [2.45, 2.75) is 33.1 Å². The molecule has 2 heterocycles. The van der Waals surface area contributed by atoms with Crippen LogP contribution in [0, 0.1) is 6.92 Å². The van der Waals surface area contributed by atoms with Crippen molar-refractivity contribution in [1.29, 1.82) is 0 Å². The Morgan fingerprint density at radius 3 is 2.19 bits per heavy atom. The summed E-state index contributed by atoms with van der Waals surface area (Å²) in [5.74, 6) is 0. The minimum atomic E-state index is -4.98. The van der Waals surface area contributed by atoms with Gasteiger partial charge in [-0.1, -0.05) is 43.6 Å². The third-order valence-electron chi connectivity index (χ3n) is 4.71. The highest BCUT2D eigenvalue weighted by Crippen LogP contribution is 2.42. The Morgan fingerprint density at radius 2 is 1.59 bits per heavy atom. The highest BCUT2D eigenvalue weighted by atomic mass is 35.5. The number of aromatic amines is 1. The van der Waals surface area contributed by atoms with E-state index in [1.54, 1.807) is 6.92 Å². The number of aromatic nitrogens is 1. The second-order valence-corrected chi connectivity index (χ2v) is 8.10. The molecule has 32 heavy (non-hydrogen) atoms. The maximum Gasteiger partial charge on any atom is 0.417 e. The van der Waals surface area contributed by atoms with Gasteiger partial charge in [0.15, 0.2) is 0 Å². The predicted octanol–water partition coefficient (Wildman–Crippen LogP) is 8.44. The lowest BCUT2D eigenvalue weighted by Gasteiger charge is -2.16. The van der Waals surface area contributed by atoms with Crippen LogP contribution in [0.15, 0.2) is 41.2 Å². The summed E-state index contributed by atoms with van der Waals surface area (Å²) < 4.78 is 79.7. The quantitative estimate of drug-likeness (QED) is 0.266. The van der Waals surface area contributed by atoms with Crippen LogP contribution in [-0.2, 0) is 12.4 Å². The maximum atomic E-state index is 13.5. The van der Waals surface area contributed by atoms with Gasteiger partial charge in [0.1, 0.15) is 9.85 Å². The van der Waals surface area contributed by atoms with E-state index in [1.807, 2.05) is 13.8 Å². The van der Waals surface area contributed by atoms with Crippen LogP contribution >= 0.6 is 22.9 Å². The summed E-state index contributed by atoms with van der Waals surface area (Å²) >= 11 is 7.16. The molecule has 0 spiro atoms. The number of rotatable bonds is 1. The molecule has 0 saturated heterocycles. The fourth-order valence-corrected chi connectivity index (χ4v) is 4.63. The number of benzene rings is 2. The highest BCUT2D eigenvalue weighted by molar-refractivity contribution is 7.25. The summed E-state index contributed by atoms with van der Waals surface area (Å²) in [7, 11) is 0. The number of pyridine rings is 1. The van der Waals surface area contributed by atoms with Gasteiger partial charge in [0.25, 0.3) is 0 Å². The summed E-state index contributed by atoms with van der Waals surface area (Å²) in [6, 6.07) is 5.78. The third-order valence-corrected chi connectivity index (χ3v) is 6.23. The van der Waals surface area contributed by atoms with E-state index < -0.39 is 28.9 Å². The molecule has 0 fully saturated rings. The molecule has 4 rings (SSSR count). The molecule has 10 heteroatoms. The number of hydrogen-bond donors (Lipinski definition) is 1. The number of H-pyrrole nitrogens is 1. The molecule has 0 atom stereocenters. The minimum Gasteiger partial charge on any atom is -0.349 e. The number of fused-ring (bicyclic) bond motifs is 3. The summed E-state index contributed by atoms with van der Waals surface area (Å²) in [5.41, 5.74) is -2.98. The van der Waals surface area contributed by atoms with Crippen LogP contribution in [0.1, 0.15) is 30.7 Å². The summed E-state index contributed by atoms with van der Waals surface area (Å²) in [4.78, 5) is 16.0. The third kappa shape index (κ3) is 4.23. The molecule has 4 aromatic rings. The van der Waals surface area contributed by atoms with E-state index in [1.165, 1.54) is 18.2 Å². The van der Waals surface area contributed by atoms with E-state index in [9.17, 15) is 31.1 Å². The number of nitrogens with one attached hydrogen (secondary N) is 1. The van der Waals surface area contributed by atoms with Crippen molar-refractivity contribution in [2.24, 2.45) is 0 Å². The summed E-state index contributed by atoms with van der Waals surface area (Å²) in [6.45, 7) is 5.62.